The van der Waals surface area contributed by atoms with Crippen LogP contribution in [-0.4, -0.2) is 6.61 Å². The first kappa shape index (κ1) is 13.4. The summed E-state index contributed by atoms with van der Waals surface area (Å²) in [5, 5.41) is 0. The standard InChI is InChI=1S/C16H25NO/c1-3-12(4-2)11-18-16-10-6-7-13-14(16)8-5-9-15(13)17/h6-7,10,12,15H,3-5,8-9,11,17H2,1-2H3. The first-order chi connectivity index (χ1) is 8.76. The van der Waals surface area contributed by atoms with E-state index in [2.05, 4.69) is 32.0 Å². The van der Waals surface area contributed by atoms with Crippen molar-refractivity contribution >= 4 is 0 Å². The van der Waals surface area contributed by atoms with Crippen LogP contribution in [0.1, 0.15) is 56.7 Å². The Morgan fingerprint density at radius 3 is 2.83 bits per heavy atom. The molecule has 2 rings (SSSR count). The minimum atomic E-state index is 0.199. The van der Waals surface area contributed by atoms with Crippen LogP contribution in [0, 0.1) is 5.92 Å². The predicted octanol–water partition coefficient (Wildman–Crippen LogP) is 3.84. The molecule has 0 fully saturated rings. The van der Waals surface area contributed by atoms with E-state index in [-0.39, 0.29) is 6.04 Å². The Kier molecular flexibility index (Phi) is 4.65. The van der Waals surface area contributed by atoms with Crippen LogP contribution in [0.4, 0.5) is 0 Å². The molecule has 1 aromatic carbocycles. The third-order valence-corrected chi connectivity index (χ3v) is 4.14. The molecule has 0 spiro atoms. The van der Waals surface area contributed by atoms with Gasteiger partial charge >= 0.3 is 0 Å². The van der Waals surface area contributed by atoms with E-state index < -0.39 is 0 Å². The van der Waals surface area contributed by atoms with Crippen molar-refractivity contribution in [3.05, 3.63) is 29.3 Å². The van der Waals surface area contributed by atoms with Crippen LogP contribution >= 0.6 is 0 Å². The highest BCUT2D eigenvalue weighted by Crippen LogP contribution is 2.34. The predicted molar refractivity (Wildman–Crippen MR) is 75.9 cm³/mol. The van der Waals surface area contributed by atoms with Crippen molar-refractivity contribution in [3.8, 4) is 5.75 Å². The minimum Gasteiger partial charge on any atom is -0.493 e. The van der Waals surface area contributed by atoms with Gasteiger partial charge < -0.3 is 10.5 Å². The van der Waals surface area contributed by atoms with E-state index in [4.69, 9.17) is 10.5 Å². The Labute approximate surface area is 111 Å². The van der Waals surface area contributed by atoms with Gasteiger partial charge in [0.25, 0.3) is 0 Å². The van der Waals surface area contributed by atoms with E-state index in [1.165, 1.54) is 30.4 Å². The zero-order valence-electron chi connectivity index (χ0n) is 11.6. The van der Waals surface area contributed by atoms with Crippen LogP contribution in [0.15, 0.2) is 18.2 Å². The molecule has 2 N–H and O–H groups in total. The Morgan fingerprint density at radius 2 is 2.11 bits per heavy atom. The quantitative estimate of drug-likeness (QED) is 0.858. The molecule has 2 nitrogen and oxygen atoms in total. The largest absolute Gasteiger partial charge is 0.493 e. The number of nitrogens with two attached hydrogens (primary N) is 1. The van der Waals surface area contributed by atoms with Gasteiger partial charge in [-0.1, -0.05) is 38.8 Å². The van der Waals surface area contributed by atoms with E-state index >= 15 is 0 Å². The van der Waals surface area contributed by atoms with Crippen molar-refractivity contribution in [2.75, 3.05) is 6.61 Å². The molecule has 0 amide bonds. The van der Waals surface area contributed by atoms with Gasteiger partial charge in [0.15, 0.2) is 0 Å². The monoisotopic (exact) mass is 247 g/mol. The van der Waals surface area contributed by atoms with Crippen LogP contribution in [0.3, 0.4) is 0 Å². The molecular formula is C16H25NO. The van der Waals surface area contributed by atoms with Gasteiger partial charge in [-0.15, -0.1) is 0 Å². The van der Waals surface area contributed by atoms with Gasteiger partial charge in [0.1, 0.15) is 5.75 Å². The van der Waals surface area contributed by atoms with Crippen molar-refractivity contribution in [1.82, 2.24) is 0 Å². The van der Waals surface area contributed by atoms with Gasteiger partial charge in [0.2, 0.25) is 0 Å². The normalized spacial score (nSPS) is 18.8. The molecule has 1 atom stereocenters. The molecule has 0 aliphatic heterocycles. The maximum absolute atomic E-state index is 6.17. The van der Waals surface area contributed by atoms with Crippen molar-refractivity contribution in [3.63, 3.8) is 0 Å². The lowest BCUT2D eigenvalue weighted by Gasteiger charge is -2.25. The van der Waals surface area contributed by atoms with Gasteiger partial charge in [-0.05, 0) is 42.4 Å². The Morgan fingerprint density at radius 1 is 1.33 bits per heavy atom. The summed E-state index contributed by atoms with van der Waals surface area (Å²) < 4.78 is 6.04. The van der Waals surface area contributed by atoms with E-state index in [9.17, 15) is 0 Å². The lowest BCUT2D eigenvalue weighted by atomic mass is 9.87. The fourth-order valence-corrected chi connectivity index (χ4v) is 2.72. The lowest BCUT2D eigenvalue weighted by Crippen LogP contribution is -2.19. The highest BCUT2D eigenvalue weighted by atomic mass is 16.5. The summed E-state index contributed by atoms with van der Waals surface area (Å²) in [5.41, 5.74) is 8.81. The van der Waals surface area contributed by atoms with E-state index in [0.29, 0.717) is 5.92 Å². The highest BCUT2D eigenvalue weighted by Gasteiger charge is 2.20. The molecule has 18 heavy (non-hydrogen) atoms. The molecule has 0 heterocycles. The maximum atomic E-state index is 6.17. The maximum Gasteiger partial charge on any atom is 0.122 e. The SMILES string of the molecule is CCC(CC)COc1cccc2c1CCCC2N. The summed E-state index contributed by atoms with van der Waals surface area (Å²) in [6.45, 7) is 5.29. The summed E-state index contributed by atoms with van der Waals surface area (Å²) in [7, 11) is 0. The Balaban J connectivity index is 2.11. The minimum absolute atomic E-state index is 0.199. The Hall–Kier alpha value is -1.02. The number of hydrogen-bond donors (Lipinski definition) is 1. The molecule has 1 unspecified atom stereocenters. The van der Waals surface area contributed by atoms with E-state index in [1.807, 2.05) is 0 Å². The second-order valence-electron chi connectivity index (χ2n) is 5.32. The zero-order chi connectivity index (χ0) is 13.0. The van der Waals surface area contributed by atoms with Crippen LogP contribution in [-0.2, 0) is 6.42 Å². The second kappa shape index (κ2) is 6.24. The van der Waals surface area contributed by atoms with Crippen molar-refractivity contribution in [2.45, 2.75) is 52.0 Å². The number of rotatable bonds is 5. The summed E-state index contributed by atoms with van der Waals surface area (Å²) in [5.74, 6) is 1.73. The third-order valence-electron chi connectivity index (χ3n) is 4.14. The van der Waals surface area contributed by atoms with E-state index in [0.717, 1.165) is 25.2 Å². The van der Waals surface area contributed by atoms with Gasteiger partial charge in [-0.3, -0.25) is 0 Å². The molecule has 0 aromatic heterocycles. The lowest BCUT2D eigenvalue weighted by molar-refractivity contribution is 0.237. The molecule has 0 saturated heterocycles. The van der Waals surface area contributed by atoms with Gasteiger partial charge in [0, 0.05) is 6.04 Å². The van der Waals surface area contributed by atoms with Crippen molar-refractivity contribution < 1.29 is 4.74 Å². The first-order valence-electron chi connectivity index (χ1n) is 7.26. The number of fused-ring (bicyclic) bond motifs is 1. The molecular weight excluding hydrogens is 222 g/mol. The van der Waals surface area contributed by atoms with Crippen LogP contribution in [0.25, 0.3) is 0 Å². The molecule has 0 saturated carbocycles. The fraction of sp³-hybridized carbons (Fsp3) is 0.625. The van der Waals surface area contributed by atoms with Crippen LogP contribution < -0.4 is 10.5 Å². The molecule has 1 aromatic rings. The molecule has 1 aliphatic carbocycles. The molecule has 100 valence electrons. The van der Waals surface area contributed by atoms with Gasteiger partial charge in [0.05, 0.1) is 6.61 Å². The highest BCUT2D eigenvalue weighted by molar-refractivity contribution is 5.43. The molecule has 2 heteroatoms. The average Bonchev–Trinajstić information content (AvgIpc) is 2.41. The van der Waals surface area contributed by atoms with Gasteiger partial charge in [-0.25, -0.2) is 0 Å². The summed E-state index contributed by atoms with van der Waals surface area (Å²) >= 11 is 0. The number of benzene rings is 1. The molecule has 0 radical (unpaired) electrons. The fourth-order valence-electron chi connectivity index (χ4n) is 2.72. The Bertz CT molecular complexity index is 385. The molecule has 0 bridgehead atoms. The van der Waals surface area contributed by atoms with Crippen molar-refractivity contribution in [2.24, 2.45) is 11.7 Å². The topological polar surface area (TPSA) is 35.2 Å². The zero-order valence-corrected chi connectivity index (χ0v) is 11.6. The average molecular weight is 247 g/mol. The number of ether oxygens (including phenoxy) is 1. The first-order valence-corrected chi connectivity index (χ1v) is 7.26. The summed E-state index contributed by atoms with van der Waals surface area (Å²) in [6.07, 6.45) is 5.76. The smallest absolute Gasteiger partial charge is 0.122 e. The van der Waals surface area contributed by atoms with E-state index in [1.54, 1.807) is 0 Å². The second-order valence-corrected chi connectivity index (χ2v) is 5.32. The van der Waals surface area contributed by atoms with Crippen LogP contribution in [0.5, 0.6) is 5.75 Å². The number of hydrogen-bond acceptors (Lipinski definition) is 2. The summed E-state index contributed by atoms with van der Waals surface area (Å²) in [4.78, 5) is 0. The summed E-state index contributed by atoms with van der Waals surface area (Å²) in [6, 6.07) is 6.53. The van der Waals surface area contributed by atoms with Crippen molar-refractivity contribution in [1.29, 1.82) is 0 Å². The molecule has 1 aliphatic rings. The van der Waals surface area contributed by atoms with Crippen LogP contribution in [0.2, 0.25) is 0 Å². The van der Waals surface area contributed by atoms with Gasteiger partial charge in [-0.2, -0.15) is 0 Å². The third kappa shape index (κ3) is 2.86.